The van der Waals surface area contributed by atoms with Crippen molar-refractivity contribution < 1.29 is 9.59 Å². The lowest BCUT2D eigenvalue weighted by molar-refractivity contribution is -0.139. The maximum atomic E-state index is 12.8. The third-order valence-corrected chi connectivity index (χ3v) is 4.28. The topological polar surface area (TPSA) is 49.4 Å². The Kier molecular flexibility index (Phi) is 6.38. The van der Waals surface area contributed by atoms with Crippen LogP contribution in [0.4, 0.5) is 0 Å². The van der Waals surface area contributed by atoms with E-state index < -0.39 is 6.04 Å². The van der Waals surface area contributed by atoms with Crippen LogP contribution in [0.1, 0.15) is 18.1 Å². The van der Waals surface area contributed by atoms with Crippen LogP contribution in [0.3, 0.4) is 0 Å². The largest absolute Gasteiger partial charge is 0.357 e. The summed E-state index contributed by atoms with van der Waals surface area (Å²) in [6.07, 6.45) is 0.243. The zero-order valence-electron chi connectivity index (χ0n) is 13.8. The summed E-state index contributed by atoms with van der Waals surface area (Å²) < 4.78 is 0. The number of likely N-dealkylation sites (N-methyl/N-ethyl adjacent to an activating group) is 1. The van der Waals surface area contributed by atoms with Gasteiger partial charge in [-0.25, -0.2) is 0 Å². The number of carbonyl (C=O) groups excluding carboxylic acids is 2. The monoisotopic (exact) mass is 344 g/mol. The van der Waals surface area contributed by atoms with E-state index in [1.54, 1.807) is 24.9 Å². The second-order valence-electron chi connectivity index (χ2n) is 5.57. The van der Waals surface area contributed by atoms with Crippen molar-refractivity contribution in [3.63, 3.8) is 0 Å². The summed E-state index contributed by atoms with van der Waals surface area (Å²) in [5, 5.41) is 3.18. The van der Waals surface area contributed by atoms with E-state index in [0.29, 0.717) is 11.6 Å². The molecule has 0 aliphatic rings. The minimum atomic E-state index is -0.581. The van der Waals surface area contributed by atoms with Crippen molar-refractivity contribution in [2.45, 2.75) is 25.9 Å². The molecule has 0 aliphatic heterocycles. The smallest absolute Gasteiger partial charge is 0.242 e. The first-order valence-corrected chi connectivity index (χ1v) is 8.19. The first kappa shape index (κ1) is 18.0. The van der Waals surface area contributed by atoms with E-state index in [9.17, 15) is 9.59 Å². The van der Waals surface area contributed by atoms with Crippen LogP contribution in [0.2, 0.25) is 5.02 Å². The number of nitrogens with zero attached hydrogens (tertiary/aromatic N) is 1. The molecule has 2 aromatic rings. The molecule has 0 bridgehead atoms. The Morgan fingerprint density at radius 2 is 1.71 bits per heavy atom. The van der Waals surface area contributed by atoms with Crippen molar-refractivity contribution in [2.24, 2.45) is 0 Å². The van der Waals surface area contributed by atoms with Gasteiger partial charge in [-0.05, 0) is 24.1 Å². The predicted molar refractivity (Wildman–Crippen MR) is 95.7 cm³/mol. The zero-order valence-corrected chi connectivity index (χ0v) is 14.6. The lowest BCUT2D eigenvalue weighted by atomic mass is 10.1. The van der Waals surface area contributed by atoms with Crippen molar-refractivity contribution in [1.29, 1.82) is 0 Å². The molecule has 2 aromatic carbocycles. The summed E-state index contributed by atoms with van der Waals surface area (Å²) in [5.41, 5.74) is 1.73. The minimum absolute atomic E-state index is 0.114. The minimum Gasteiger partial charge on any atom is -0.357 e. The number of rotatable bonds is 6. The molecule has 0 saturated carbocycles. The second kappa shape index (κ2) is 8.50. The molecule has 0 heterocycles. The molecule has 126 valence electrons. The van der Waals surface area contributed by atoms with Gasteiger partial charge in [-0.15, -0.1) is 0 Å². The van der Waals surface area contributed by atoms with Crippen molar-refractivity contribution >= 4 is 23.4 Å². The normalized spacial score (nSPS) is 11.6. The zero-order chi connectivity index (χ0) is 17.5. The Balaban J connectivity index is 2.23. The number of nitrogens with one attached hydrogen (secondary N) is 1. The summed E-state index contributed by atoms with van der Waals surface area (Å²) in [6, 6.07) is 16.3. The van der Waals surface area contributed by atoms with Gasteiger partial charge in [0.1, 0.15) is 6.04 Å². The molecule has 2 amide bonds. The molecule has 4 nitrogen and oxygen atoms in total. The predicted octanol–water partition coefficient (Wildman–Crippen LogP) is 3.05. The molecule has 0 radical (unpaired) electrons. The molecule has 0 fully saturated rings. The van der Waals surface area contributed by atoms with E-state index in [1.807, 2.05) is 48.5 Å². The first-order valence-electron chi connectivity index (χ1n) is 7.81. The van der Waals surface area contributed by atoms with Crippen molar-refractivity contribution in [3.05, 3.63) is 70.7 Å². The molecule has 2 rings (SSSR count). The molecule has 0 spiro atoms. The number of carbonyl (C=O) groups is 2. The average Bonchev–Trinajstić information content (AvgIpc) is 2.60. The van der Waals surface area contributed by atoms with E-state index >= 15 is 0 Å². The molecule has 0 aliphatic carbocycles. The quantitative estimate of drug-likeness (QED) is 0.875. The van der Waals surface area contributed by atoms with Gasteiger partial charge in [-0.1, -0.05) is 60.1 Å². The van der Waals surface area contributed by atoms with Gasteiger partial charge in [0.25, 0.3) is 0 Å². The summed E-state index contributed by atoms with van der Waals surface area (Å²) in [6.45, 7) is 2.01. The average molecular weight is 345 g/mol. The van der Waals surface area contributed by atoms with Crippen LogP contribution in [0.25, 0.3) is 0 Å². The van der Waals surface area contributed by atoms with Crippen LogP contribution in [-0.2, 0) is 22.6 Å². The molecule has 24 heavy (non-hydrogen) atoms. The Labute approximate surface area is 147 Å². The molecule has 0 aromatic heterocycles. The molecule has 1 N–H and O–H groups in total. The van der Waals surface area contributed by atoms with Gasteiger partial charge < -0.3 is 10.2 Å². The van der Waals surface area contributed by atoms with E-state index in [1.165, 1.54) is 0 Å². The van der Waals surface area contributed by atoms with Crippen molar-refractivity contribution in [3.8, 4) is 0 Å². The molecular weight excluding hydrogens is 324 g/mol. The highest BCUT2D eigenvalue weighted by Gasteiger charge is 2.25. The molecular formula is C19H21ClN2O2. The van der Waals surface area contributed by atoms with Gasteiger partial charge in [0, 0.05) is 18.6 Å². The fourth-order valence-electron chi connectivity index (χ4n) is 2.47. The Morgan fingerprint density at radius 3 is 2.33 bits per heavy atom. The van der Waals surface area contributed by atoms with Gasteiger partial charge >= 0.3 is 0 Å². The highest BCUT2D eigenvalue weighted by molar-refractivity contribution is 6.31. The molecule has 1 atom stereocenters. The van der Waals surface area contributed by atoms with Gasteiger partial charge in [0.15, 0.2) is 0 Å². The highest BCUT2D eigenvalue weighted by atomic mass is 35.5. The van der Waals surface area contributed by atoms with Crippen LogP contribution >= 0.6 is 11.6 Å². The number of benzene rings is 2. The van der Waals surface area contributed by atoms with Crippen LogP contribution in [0.5, 0.6) is 0 Å². The van der Waals surface area contributed by atoms with Crippen LogP contribution < -0.4 is 5.32 Å². The van der Waals surface area contributed by atoms with E-state index in [4.69, 9.17) is 11.6 Å². The van der Waals surface area contributed by atoms with Crippen LogP contribution in [0, 0.1) is 0 Å². The Hall–Kier alpha value is -2.33. The van der Waals surface area contributed by atoms with E-state index in [2.05, 4.69) is 5.32 Å². The van der Waals surface area contributed by atoms with E-state index in [-0.39, 0.29) is 18.2 Å². The molecule has 1 unspecified atom stereocenters. The van der Waals surface area contributed by atoms with Crippen LogP contribution in [-0.4, -0.2) is 29.8 Å². The number of amides is 2. The number of halogens is 1. The fraction of sp³-hybridized carbons (Fsp3) is 0.263. The fourth-order valence-corrected chi connectivity index (χ4v) is 2.67. The van der Waals surface area contributed by atoms with Gasteiger partial charge in [-0.2, -0.15) is 0 Å². The second-order valence-corrected chi connectivity index (χ2v) is 5.97. The summed E-state index contributed by atoms with van der Waals surface area (Å²) in [5.74, 6) is -0.319. The highest BCUT2D eigenvalue weighted by Crippen LogP contribution is 2.19. The Morgan fingerprint density at radius 1 is 1.08 bits per heavy atom. The SMILES string of the molecule is CNC(=O)C(C)N(Cc1ccccc1Cl)C(=O)Cc1ccccc1. The lowest BCUT2D eigenvalue weighted by Crippen LogP contribution is -2.47. The van der Waals surface area contributed by atoms with Gasteiger partial charge in [0.2, 0.25) is 11.8 Å². The maximum absolute atomic E-state index is 12.8. The third-order valence-electron chi connectivity index (χ3n) is 3.91. The van der Waals surface area contributed by atoms with Gasteiger partial charge in [0.05, 0.1) is 6.42 Å². The molecule has 0 saturated heterocycles. The number of hydrogen-bond donors (Lipinski definition) is 1. The van der Waals surface area contributed by atoms with E-state index in [0.717, 1.165) is 11.1 Å². The van der Waals surface area contributed by atoms with Crippen molar-refractivity contribution in [2.75, 3.05) is 7.05 Å². The first-order chi connectivity index (χ1) is 11.5. The maximum Gasteiger partial charge on any atom is 0.242 e. The van der Waals surface area contributed by atoms with Gasteiger partial charge in [-0.3, -0.25) is 9.59 Å². The third kappa shape index (κ3) is 4.59. The molecule has 5 heteroatoms. The lowest BCUT2D eigenvalue weighted by Gasteiger charge is -2.28. The Bertz CT molecular complexity index is 704. The standard InChI is InChI=1S/C19H21ClN2O2/c1-14(19(24)21-2)22(13-16-10-6-7-11-17(16)20)18(23)12-15-8-4-3-5-9-15/h3-11,14H,12-13H2,1-2H3,(H,21,24). The summed E-state index contributed by atoms with van der Waals surface area (Å²) in [4.78, 5) is 26.4. The van der Waals surface area contributed by atoms with Crippen molar-refractivity contribution in [1.82, 2.24) is 10.2 Å². The van der Waals surface area contributed by atoms with Crippen LogP contribution in [0.15, 0.2) is 54.6 Å². The summed E-state index contributed by atoms with van der Waals surface area (Å²) >= 11 is 6.21. The number of hydrogen-bond acceptors (Lipinski definition) is 2. The summed E-state index contributed by atoms with van der Waals surface area (Å²) in [7, 11) is 1.56.